The number of benzene rings is 1. The van der Waals surface area contributed by atoms with Gasteiger partial charge in [0.1, 0.15) is 0 Å². The van der Waals surface area contributed by atoms with E-state index in [0.717, 1.165) is 18.2 Å². The molecule has 0 fully saturated rings. The van der Waals surface area contributed by atoms with Crippen molar-refractivity contribution in [2.75, 3.05) is 11.6 Å². The number of carbonyl (C=O) groups excluding carboxylic acids is 1. The quantitative estimate of drug-likeness (QED) is 0.866. The number of hydrogen-bond donors (Lipinski definition) is 2. The van der Waals surface area contributed by atoms with Gasteiger partial charge in [-0.3, -0.25) is 4.79 Å². The summed E-state index contributed by atoms with van der Waals surface area (Å²) in [5, 5.41) is 2.71. The molecule has 2 atom stereocenters. The maximum Gasteiger partial charge on any atom is 0.241 e. The van der Waals surface area contributed by atoms with E-state index in [0.29, 0.717) is 5.69 Å². The van der Waals surface area contributed by atoms with Crippen molar-refractivity contribution in [1.29, 1.82) is 0 Å². The molecule has 0 aromatic heterocycles. The van der Waals surface area contributed by atoms with Gasteiger partial charge in [0.25, 0.3) is 0 Å². The lowest BCUT2D eigenvalue weighted by Crippen LogP contribution is -2.40. The molecule has 0 bridgehead atoms. The number of anilines is 1. The second-order valence-corrected chi connectivity index (χ2v) is 7.17. The Hall–Kier alpha value is -1.40. The Morgan fingerprint density at radius 3 is 2.50 bits per heavy atom. The summed E-state index contributed by atoms with van der Waals surface area (Å²) in [6.07, 6.45) is 1.94. The first-order valence-corrected chi connectivity index (χ1v) is 8.43. The van der Waals surface area contributed by atoms with Crippen LogP contribution in [0.1, 0.15) is 25.8 Å². The first kappa shape index (κ1) is 16.7. The van der Waals surface area contributed by atoms with Gasteiger partial charge in [-0.1, -0.05) is 26.3 Å². The van der Waals surface area contributed by atoms with Gasteiger partial charge in [-0.2, -0.15) is 0 Å². The maximum atomic E-state index is 12.0. The van der Waals surface area contributed by atoms with E-state index in [2.05, 4.69) is 5.32 Å². The number of nitrogens with one attached hydrogen (secondary N) is 1. The van der Waals surface area contributed by atoms with Crippen LogP contribution in [0, 0.1) is 12.8 Å². The summed E-state index contributed by atoms with van der Waals surface area (Å²) in [7, 11) is -3.30. The summed E-state index contributed by atoms with van der Waals surface area (Å²) >= 11 is 0. The Morgan fingerprint density at radius 2 is 2.00 bits per heavy atom. The molecule has 0 aliphatic rings. The minimum absolute atomic E-state index is 0.0633. The highest BCUT2D eigenvalue weighted by molar-refractivity contribution is 7.90. The summed E-state index contributed by atoms with van der Waals surface area (Å²) in [5.74, 6) is -0.235. The van der Waals surface area contributed by atoms with Crippen LogP contribution in [0.3, 0.4) is 0 Å². The molecule has 5 nitrogen and oxygen atoms in total. The molecule has 0 saturated carbocycles. The zero-order valence-corrected chi connectivity index (χ0v) is 13.1. The molecule has 0 aliphatic carbocycles. The van der Waals surface area contributed by atoms with Crippen LogP contribution in [0.5, 0.6) is 0 Å². The van der Waals surface area contributed by atoms with E-state index in [9.17, 15) is 13.2 Å². The number of rotatable bonds is 5. The number of amides is 1. The van der Waals surface area contributed by atoms with Crippen LogP contribution < -0.4 is 11.1 Å². The SMILES string of the molecule is CCC(C)C(N)C(=O)Nc1cc(S(C)(=O)=O)ccc1C. The van der Waals surface area contributed by atoms with E-state index in [1.165, 1.54) is 12.1 Å². The third-order valence-electron chi connectivity index (χ3n) is 3.45. The second-order valence-electron chi connectivity index (χ2n) is 5.15. The Labute approximate surface area is 120 Å². The van der Waals surface area contributed by atoms with Crippen molar-refractivity contribution in [2.24, 2.45) is 11.7 Å². The van der Waals surface area contributed by atoms with Gasteiger partial charge >= 0.3 is 0 Å². The van der Waals surface area contributed by atoms with Crippen LogP contribution in [0.25, 0.3) is 0 Å². The minimum atomic E-state index is -3.30. The minimum Gasteiger partial charge on any atom is -0.324 e. The maximum absolute atomic E-state index is 12.0. The lowest BCUT2D eigenvalue weighted by Gasteiger charge is -2.18. The van der Waals surface area contributed by atoms with Gasteiger partial charge in [-0.15, -0.1) is 0 Å². The van der Waals surface area contributed by atoms with Gasteiger partial charge in [-0.25, -0.2) is 8.42 Å². The third-order valence-corrected chi connectivity index (χ3v) is 4.57. The third kappa shape index (κ3) is 4.05. The van der Waals surface area contributed by atoms with Crippen LogP contribution in [0.4, 0.5) is 5.69 Å². The Balaban J connectivity index is 3.01. The molecule has 0 aliphatic heterocycles. The summed E-state index contributed by atoms with van der Waals surface area (Å²) < 4.78 is 23.1. The molecule has 0 radical (unpaired) electrons. The molecule has 0 heterocycles. The lowest BCUT2D eigenvalue weighted by atomic mass is 9.99. The number of sulfone groups is 1. The first-order valence-electron chi connectivity index (χ1n) is 6.54. The largest absolute Gasteiger partial charge is 0.324 e. The zero-order chi connectivity index (χ0) is 15.5. The molecule has 1 aromatic carbocycles. The molecule has 6 heteroatoms. The molecule has 1 amide bonds. The smallest absolute Gasteiger partial charge is 0.241 e. The fraction of sp³-hybridized carbons (Fsp3) is 0.500. The average molecular weight is 298 g/mol. The van der Waals surface area contributed by atoms with Gasteiger partial charge in [0.15, 0.2) is 9.84 Å². The molecule has 1 rings (SSSR count). The predicted molar refractivity (Wildman–Crippen MR) is 80.3 cm³/mol. The van der Waals surface area contributed by atoms with Crippen molar-refractivity contribution in [3.63, 3.8) is 0 Å². The molecule has 112 valence electrons. The van der Waals surface area contributed by atoms with Crippen LogP contribution in [0.2, 0.25) is 0 Å². The van der Waals surface area contributed by atoms with Crippen molar-refractivity contribution in [1.82, 2.24) is 0 Å². The molecule has 3 N–H and O–H groups in total. The first-order chi connectivity index (χ1) is 9.16. The monoisotopic (exact) mass is 298 g/mol. The molecule has 1 aromatic rings. The predicted octanol–water partition coefficient (Wildman–Crippen LogP) is 1.71. The number of hydrogen-bond acceptors (Lipinski definition) is 4. The number of carbonyl (C=O) groups is 1. The van der Waals surface area contributed by atoms with E-state index >= 15 is 0 Å². The van der Waals surface area contributed by atoms with Crippen LogP contribution >= 0.6 is 0 Å². The molecule has 20 heavy (non-hydrogen) atoms. The zero-order valence-electron chi connectivity index (χ0n) is 12.3. The van der Waals surface area contributed by atoms with Crippen molar-refractivity contribution < 1.29 is 13.2 Å². The lowest BCUT2D eigenvalue weighted by molar-refractivity contribution is -0.118. The van der Waals surface area contributed by atoms with Crippen LogP contribution in [-0.4, -0.2) is 26.6 Å². The standard InChI is InChI=1S/C14H22N2O3S/c1-5-9(2)13(15)14(17)16-12-8-11(20(4,18)19)7-6-10(12)3/h6-9,13H,5,15H2,1-4H3,(H,16,17). The summed E-state index contributed by atoms with van der Waals surface area (Å²) in [6, 6.07) is 4.04. The van der Waals surface area contributed by atoms with E-state index in [1.807, 2.05) is 13.8 Å². The van der Waals surface area contributed by atoms with Crippen molar-refractivity contribution in [3.05, 3.63) is 23.8 Å². The fourth-order valence-corrected chi connectivity index (χ4v) is 2.34. The number of aryl methyl sites for hydroxylation is 1. The molecular formula is C14H22N2O3S. The van der Waals surface area contributed by atoms with Gasteiger partial charge in [0.2, 0.25) is 5.91 Å². The van der Waals surface area contributed by atoms with E-state index < -0.39 is 15.9 Å². The van der Waals surface area contributed by atoms with Crippen molar-refractivity contribution in [2.45, 2.75) is 38.1 Å². The van der Waals surface area contributed by atoms with Gasteiger partial charge in [0, 0.05) is 11.9 Å². The Bertz CT molecular complexity index is 596. The highest BCUT2D eigenvalue weighted by Gasteiger charge is 2.20. The number of nitrogens with two attached hydrogens (primary N) is 1. The summed E-state index contributed by atoms with van der Waals surface area (Å²) in [5.41, 5.74) is 7.14. The van der Waals surface area contributed by atoms with Crippen molar-refractivity contribution >= 4 is 21.4 Å². The van der Waals surface area contributed by atoms with E-state index in [-0.39, 0.29) is 16.7 Å². The van der Waals surface area contributed by atoms with E-state index in [1.54, 1.807) is 13.0 Å². The molecular weight excluding hydrogens is 276 g/mol. The summed E-state index contributed by atoms with van der Waals surface area (Å²) in [4.78, 5) is 12.2. The second kappa shape index (κ2) is 6.37. The highest BCUT2D eigenvalue weighted by atomic mass is 32.2. The Morgan fingerprint density at radius 1 is 1.40 bits per heavy atom. The highest BCUT2D eigenvalue weighted by Crippen LogP contribution is 2.21. The average Bonchev–Trinajstić information content (AvgIpc) is 2.38. The summed E-state index contributed by atoms with van der Waals surface area (Å²) in [6.45, 7) is 5.67. The molecule has 0 spiro atoms. The van der Waals surface area contributed by atoms with E-state index in [4.69, 9.17) is 5.73 Å². The topological polar surface area (TPSA) is 89.3 Å². The van der Waals surface area contributed by atoms with Crippen molar-refractivity contribution in [3.8, 4) is 0 Å². The van der Waals surface area contributed by atoms with Crippen LogP contribution in [-0.2, 0) is 14.6 Å². The molecule has 0 saturated heterocycles. The van der Waals surface area contributed by atoms with Gasteiger partial charge < -0.3 is 11.1 Å². The van der Waals surface area contributed by atoms with Crippen LogP contribution in [0.15, 0.2) is 23.1 Å². The normalized spacial score (nSPS) is 14.7. The van der Waals surface area contributed by atoms with Gasteiger partial charge in [-0.05, 0) is 30.5 Å². The van der Waals surface area contributed by atoms with Gasteiger partial charge in [0.05, 0.1) is 10.9 Å². The Kier molecular flexibility index (Phi) is 5.30. The fourth-order valence-electron chi connectivity index (χ4n) is 1.69. The molecule has 2 unspecified atom stereocenters.